The lowest BCUT2D eigenvalue weighted by molar-refractivity contribution is 0.163. The maximum Gasteiger partial charge on any atom is 0.0270 e. The average Bonchev–Trinajstić information content (AvgIpc) is 2.24. The van der Waals surface area contributed by atoms with Crippen molar-refractivity contribution in [2.24, 2.45) is 11.0 Å². The molecule has 0 aromatic carbocycles. The molecule has 0 aromatic heterocycles. The fraction of sp³-hybridized carbons (Fsp3) is 1.00. The third-order valence-electron chi connectivity index (χ3n) is 3.36. The van der Waals surface area contributed by atoms with E-state index in [2.05, 4.69) is 28.9 Å². The maximum absolute atomic E-state index is 8.16. The molecule has 4 nitrogen and oxygen atoms in total. The first-order chi connectivity index (χ1) is 7.24. The molecule has 2 unspecified atom stereocenters. The average molecular weight is 210 g/mol. The van der Waals surface area contributed by atoms with Gasteiger partial charge in [0.1, 0.15) is 0 Å². The van der Waals surface area contributed by atoms with Gasteiger partial charge in [-0.25, -0.2) is 0 Å². The Morgan fingerprint density at radius 3 is 2.93 bits per heavy atom. The highest BCUT2D eigenvalue weighted by Crippen LogP contribution is 2.26. The summed E-state index contributed by atoms with van der Waals surface area (Å²) in [4.78, 5) is 5.20. The molecule has 0 amide bonds. The van der Waals surface area contributed by atoms with E-state index in [1.165, 1.54) is 25.7 Å². The van der Waals surface area contributed by atoms with Crippen molar-refractivity contribution in [1.29, 1.82) is 0 Å². The zero-order valence-electron chi connectivity index (χ0n) is 9.89. The largest absolute Gasteiger partial charge is 0.303 e. The van der Waals surface area contributed by atoms with Crippen molar-refractivity contribution in [3.63, 3.8) is 0 Å². The molecule has 15 heavy (non-hydrogen) atoms. The van der Waals surface area contributed by atoms with Crippen molar-refractivity contribution in [2.45, 2.75) is 45.1 Å². The van der Waals surface area contributed by atoms with Crippen LogP contribution in [0, 0.1) is 5.92 Å². The van der Waals surface area contributed by atoms with Crippen LogP contribution in [0.1, 0.15) is 39.0 Å². The monoisotopic (exact) mass is 210 g/mol. The van der Waals surface area contributed by atoms with Crippen molar-refractivity contribution in [3.05, 3.63) is 10.4 Å². The molecule has 1 aliphatic rings. The Kier molecular flexibility index (Phi) is 5.51. The zero-order valence-corrected chi connectivity index (χ0v) is 9.89. The van der Waals surface area contributed by atoms with Crippen LogP contribution < -0.4 is 0 Å². The summed E-state index contributed by atoms with van der Waals surface area (Å²) in [6.45, 7) is 4.03. The van der Waals surface area contributed by atoms with E-state index in [1.54, 1.807) is 0 Å². The topological polar surface area (TPSA) is 52.0 Å². The Balaban J connectivity index is 2.20. The molecule has 0 aliphatic heterocycles. The summed E-state index contributed by atoms with van der Waals surface area (Å²) in [6, 6.07) is 0.750. The molecule has 0 saturated heterocycles. The lowest BCUT2D eigenvalue weighted by atomic mass is 9.86. The molecule has 2 atom stereocenters. The van der Waals surface area contributed by atoms with E-state index >= 15 is 0 Å². The van der Waals surface area contributed by atoms with Gasteiger partial charge in [-0.05, 0) is 44.3 Å². The Bertz CT molecular complexity index is 223. The van der Waals surface area contributed by atoms with E-state index in [0.29, 0.717) is 6.54 Å². The number of hydrogen-bond donors (Lipinski definition) is 0. The van der Waals surface area contributed by atoms with Gasteiger partial charge in [0.25, 0.3) is 0 Å². The first-order valence-electron chi connectivity index (χ1n) is 5.95. The minimum Gasteiger partial charge on any atom is -0.303 e. The summed E-state index contributed by atoms with van der Waals surface area (Å²) in [7, 11) is 2.19. The van der Waals surface area contributed by atoms with E-state index in [-0.39, 0.29) is 0 Å². The van der Waals surface area contributed by atoms with Crippen LogP contribution in [-0.2, 0) is 0 Å². The van der Waals surface area contributed by atoms with Gasteiger partial charge < -0.3 is 4.90 Å². The molecule has 0 bridgehead atoms. The predicted molar refractivity (Wildman–Crippen MR) is 62.7 cm³/mol. The van der Waals surface area contributed by atoms with Gasteiger partial charge in [0.05, 0.1) is 0 Å². The summed E-state index contributed by atoms with van der Waals surface area (Å²) in [5.74, 6) is 0.878. The summed E-state index contributed by atoms with van der Waals surface area (Å²) in [5.41, 5.74) is 8.16. The number of azide groups is 1. The second-order valence-corrected chi connectivity index (χ2v) is 4.71. The van der Waals surface area contributed by atoms with Gasteiger partial charge in [0.15, 0.2) is 0 Å². The smallest absolute Gasteiger partial charge is 0.0270 e. The van der Waals surface area contributed by atoms with Gasteiger partial charge in [-0.1, -0.05) is 24.9 Å². The van der Waals surface area contributed by atoms with E-state index in [9.17, 15) is 0 Å². The Morgan fingerprint density at radius 2 is 2.27 bits per heavy atom. The summed E-state index contributed by atoms with van der Waals surface area (Å²) >= 11 is 0. The number of hydrogen-bond acceptors (Lipinski definition) is 2. The third kappa shape index (κ3) is 4.54. The Morgan fingerprint density at radius 1 is 1.47 bits per heavy atom. The molecule has 0 N–H and O–H groups in total. The van der Waals surface area contributed by atoms with Gasteiger partial charge in [0.2, 0.25) is 0 Å². The molecule has 0 heterocycles. The van der Waals surface area contributed by atoms with Crippen molar-refractivity contribution in [2.75, 3.05) is 20.1 Å². The van der Waals surface area contributed by atoms with Crippen molar-refractivity contribution >= 4 is 0 Å². The number of nitrogens with zero attached hydrogens (tertiary/aromatic N) is 4. The molecular formula is C11H22N4. The Labute approximate surface area is 92.3 Å². The summed E-state index contributed by atoms with van der Waals surface area (Å²) in [5, 5.41) is 3.56. The Hall–Kier alpha value is -0.730. The van der Waals surface area contributed by atoms with Crippen molar-refractivity contribution < 1.29 is 0 Å². The molecular weight excluding hydrogens is 188 g/mol. The molecule has 4 heteroatoms. The lowest BCUT2D eigenvalue weighted by Crippen LogP contribution is -2.36. The zero-order chi connectivity index (χ0) is 11.1. The third-order valence-corrected chi connectivity index (χ3v) is 3.36. The molecule has 0 aromatic rings. The summed E-state index contributed by atoms with van der Waals surface area (Å²) < 4.78 is 0. The van der Waals surface area contributed by atoms with Crippen LogP contribution in [0.3, 0.4) is 0 Å². The fourth-order valence-corrected chi connectivity index (χ4v) is 2.42. The first kappa shape index (κ1) is 12.3. The molecule has 1 saturated carbocycles. The SMILES string of the molecule is CC1CCCC(N(C)CCCN=[N+]=[N-])C1. The van der Waals surface area contributed by atoms with Gasteiger partial charge in [-0.2, -0.15) is 0 Å². The van der Waals surface area contributed by atoms with Crippen LogP contribution in [0.4, 0.5) is 0 Å². The minimum absolute atomic E-state index is 0.628. The maximum atomic E-state index is 8.16. The quantitative estimate of drug-likeness (QED) is 0.297. The highest BCUT2D eigenvalue weighted by Gasteiger charge is 2.21. The molecule has 0 spiro atoms. The predicted octanol–water partition coefficient (Wildman–Crippen LogP) is 3.20. The van der Waals surface area contributed by atoms with Crippen LogP contribution in [0.25, 0.3) is 10.4 Å². The van der Waals surface area contributed by atoms with Gasteiger partial charge >= 0.3 is 0 Å². The first-order valence-corrected chi connectivity index (χ1v) is 5.95. The second-order valence-electron chi connectivity index (χ2n) is 4.71. The number of rotatable bonds is 5. The van der Waals surface area contributed by atoms with Crippen molar-refractivity contribution in [3.8, 4) is 0 Å². The minimum atomic E-state index is 0.628. The van der Waals surface area contributed by atoms with E-state index in [4.69, 9.17) is 5.53 Å². The van der Waals surface area contributed by atoms with Crippen LogP contribution in [-0.4, -0.2) is 31.1 Å². The second kappa shape index (κ2) is 6.70. The fourth-order valence-electron chi connectivity index (χ4n) is 2.42. The highest BCUT2D eigenvalue weighted by atomic mass is 15.1. The van der Waals surface area contributed by atoms with Crippen LogP contribution in [0.2, 0.25) is 0 Å². The van der Waals surface area contributed by atoms with Gasteiger partial charge in [-0.15, -0.1) is 0 Å². The molecule has 0 radical (unpaired) electrons. The van der Waals surface area contributed by atoms with Crippen molar-refractivity contribution in [1.82, 2.24) is 4.90 Å². The standard InChI is InChI=1S/C11H22N4/c1-10-5-3-6-11(9-10)15(2)8-4-7-13-14-12/h10-11H,3-9H2,1-2H3. The normalized spacial score (nSPS) is 26.3. The van der Waals surface area contributed by atoms with E-state index < -0.39 is 0 Å². The lowest BCUT2D eigenvalue weighted by Gasteiger charge is -2.34. The van der Waals surface area contributed by atoms with Crippen LogP contribution in [0.15, 0.2) is 5.11 Å². The van der Waals surface area contributed by atoms with Gasteiger partial charge in [0, 0.05) is 17.5 Å². The highest BCUT2D eigenvalue weighted by molar-refractivity contribution is 4.77. The van der Waals surface area contributed by atoms with Crippen LogP contribution in [0.5, 0.6) is 0 Å². The summed E-state index contributed by atoms with van der Waals surface area (Å²) in [6.07, 6.45) is 6.40. The molecule has 86 valence electrons. The molecule has 1 aliphatic carbocycles. The van der Waals surface area contributed by atoms with E-state index in [0.717, 1.165) is 24.9 Å². The van der Waals surface area contributed by atoms with E-state index in [1.807, 2.05) is 0 Å². The van der Waals surface area contributed by atoms with Crippen LogP contribution >= 0.6 is 0 Å². The molecule has 1 rings (SSSR count). The van der Waals surface area contributed by atoms with Gasteiger partial charge in [-0.3, -0.25) is 0 Å². The molecule has 1 fully saturated rings.